The fraction of sp³-hybridized carbons (Fsp3) is 0.182. The number of hydrogen-bond donors (Lipinski definition) is 2. The number of nitrogens with one attached hydrogen (secondary N) is 1. The van der Waals surface area contributed by atoms with E-state index in [4.69, 9.17) is 4.74 Å². The van der Waals surface area contributed by atoms with Gasteiger partial charge in [-0.05, 0) is 36.5 Å². The molecule has 0 unspecified atom stereocenters. The van der Waals surface area contributed by atoms with Crippen LogP contribution in [0.15, 0.2) is 18.2 Å². The van der Waals surface area contributed by atoms with Crippen LogP contribution >= 0.6 is 0 Å². The summed E-state index contributed by atoms with van der Waals surface area (Å²) in [5, 5.41) is 26.4. The maximum atomic E-state index is 10.8. The number of nitrogens with zero attached hydrogens (tertiary/aromatic N) is 2. The first-order chi connectivity index (χ1) is 8.49. The molecule has 0 bridgehead atoms. The van der Waals surface area contributed by atoms with Crippen molar-refractivity contribution in [3.05, 3.63) is 39.6 Å². The third kappa shape index (κ3) is 2.10. The van der Waals surface area contributed by atoms with Gasteiger partial charge in [0.2, 0.25) is 5.75 Å². The van der Waals surface area contributed by atoms with E-state index in [2.05, 4.69) is 10.2 Å². The molecular formula is C11H11N3O4. The van der Waals surface area contributed by atoms with Gasteiger partial charge in [-0.2, -0.15) is 0 Å². The average Bonchev–Trinajstić information content (AvgIpc) is 2.64. The minimum atomic E-state index is -0.624. The molecule has 0 aliphatic rings. The van der Waals surface area contributed by atoms with Crippen molar-refractivity contribution >= 4 is 5.82 Å². The average molecular weight is 249 g/mol. The van der Waals surface area contributed by atoms with Crippen molar-refractivity contribution in [3.63, 3.8) is 0 Å². The first-order valence-corrected chi connectivity index (χ1v) is 5.16. The standard InChI is InChI=1S/C11H11N3O4/c1-6-3-4-9(8(15)5-6)18-10-7(2)12-13-11(10)14(16)17/h3-5,15H,1-2H3,(H,12,13). The van der Waals surface area contributed by atoms with Crippen LogP contribution in [0, 0.1) is 24.0 Å². The second-order valence-corrected chi connectivity index (χ2v) is 3.82. The van der Waals surface area contributed by atoms with Crippen LogP contribution in [0.25, 0.3) is 0 Å². The molecule has 0 saturated carbocycles. The fourth-order valence-electron chi connectivity index (χ4n) is 1.48. The van der Waals surface area contributed by atoms with Crippen molar-refractivity contribution in [2.45, 2.75) is 13.8 Å². The molecule has 94 valence electrons. The molecule has 0 spiro atoms. The van der Waals surface area contributed by atoms with E-state index < -0.39 is 4.92 Å². The molecule has 2 aromatic rings. The smallest absolute Gasteiger partial charge is 0.386 e. The molecule has 18 heavy (non-hydrogen) atoms. The van der Waals surface area contributed by atoms with Crippen LogP contribution < -0.4 is 4.74 Å². The molecule has 2 rings (SSSR count). The Morgan fingerprint density at radius 3 is 2.78 bits per heavy atom. The summed E-state index contributed by atoms with van der Waals surface area (Å²) in [6.45, 7) is 3.39. The number of phenolic OH excluding ortho intramolecular Hbond substituents is 1. The number of ether oxygens (including phenoxy) is 1. The van der Waals surface area contributed by atoms with Crippen LogP contribution in [0.2, 0.25) is 0 Å². The van der Waals surface area contributed by atoms with Crippen molar-refractivity contribution in [1.82, 2.24) is 10.2 Å². The normalized spacial score (nSPS) is 10.3. The Hall–Kier alpha value is -2.57. The predicted molar refractivity (Wildman–Crippen MR) is 62.9 cm³/mol. The van der Waals surface area contributed by atoms with Gasteiger partial charge >= 0.3 is 5.82 Å². The number of phenols is 1. The SMILES string of the molecule is Cc1ccc(Oc2c(C)n[nH]c2[N+](=O)[O-])c(O)c1. The Kier molecular flexibility index (Phi) is 2.88. The molecular weight excluding hydrogens is 238 g/mol. The van der Waals surface area contributed by atoms with Crippen molar-refractivity contribution in [2.75, 3.05) is 0 Å². The van der Waals surface area contributed by atoms with Gasteiger partial charge in [0.15, 0.2) is 11.5 Å². The van der Waals surface area contributed by atoms with Crippen molar-refractivity contribution < 1.29 is 14.8 Å². The third-order valence-electron chi connectivity index (χ3n) is 2.38. The van der Waals surface area contributed by atoms with Gasteiger partial charge < -0.3 is 20.0 Å². The summed E-state index contributed by atoms with van der Waals surface area (Å²) in [5.74, 6) is -0.273. The minimum Gasteiger partial charge on any atom is -0.504 e. The first-order valence-electron chi connectivity index (χ1n) is 5.16. The maximum Gasteiger partial charge on any atom is 0.386 e. The van der Waals surface area contributed by atoms with Gasteiger partial charge in [-0.15, -0.1) is 5.10 Å². The molecule has 2 N–H and O–H groups in total. The lowest BCUT2D eigenvalue weighted by Gasteiger charge is -2.06. The topological polar surface area (TPSA) is 101 Å². The third-order valence-corrected chi connectivity index (χ3v) is 2.38. The summed E-state index contributed by atoms with van der Waals surface area (Å²) in [4.78, 5) is 10.1. The highest BCUT2D eigenvalue weighted by Gasteiger charge is 2.22. The molecule has 1 aromatic carbocycles. The van der Waals surface area contributed by atoms with Gasteiger partial charge in [-0.25, -0.2) is 0 Å². The molecule has 0 aliphatic heterocycles. The van der Waals surface area contributed by atoms with E-state index in [9.17, 15) is 15.2 Å². The van der Waals surface area contributed by atoms with Crippen LogP contribution in [0.5, 0.6) is 17.2 Å². The zero-order valence-corrected chi connectivity index (χ0v) is 9.80. The molecule has 0 saturated heterocycles. The van der Waals surface area contributed by atoms with Gasteiger partial charge in [0.05, 0.1) is 0 Å². The fourth-order valence-corrected chi connectivity index (χ4v) is 1.48. The number of aromatic nitrogens is 2. The summed E-state index contributed by atoms with van der Waals surface area (Å²) in [5.41, 5.74) is 1.21. The number of benzene rings is 1. The highest BCUT2D eigenvalue weighted by atomic mass is 16.6. The number of H-pyrrole nitrogens is 1. The lowest BCUT2D eigenvalue weighted by Crippen LogP contribution is -1.93. The lowest BCUT2D eigenvalue weighted by atomic mass is 10.2. The zero-order valence-electron chi connectivity index (χ0n) is 9.80. The molecule has 7 nitrogen and oxygen atoms in total. The highest BCUT2D eigenvalue weighted by molar-refractivity contribution is 5.49. The molecule has 7 heteroatoms. The van der Waals surface area contributed by atoms with E-state index in [0.29, 0.717) is 5.69 Å². The van der Waals surface area contributed by atoms with E-state index in [1.807, 2.05) is 6.92 Å². The largest absolute Gasteiger partial charge is 0.504 e. The molecule has 0 fully saturated rings. The van der Waals surface area contributed by atoms with Crippen molar-refractivity contribution in [2.24, 2.45) is 0 Å². The number of aromatic hydroxyl groups is 1. The summed E-state index contributed by atoms with van der Waals surface area (Å²) in [6, 6.07) is 4.79. The summed E-state index contributed by atoms with van der Waals surface area (Å²) in [6.07, 6.45) is 0. The van der Waals surface area contributed by atoms with Gasteiger partial charge in [0.25, 0.3) is 0 Å². The lowest BCUT2D eigenvalue weighted by molar-refractivity contribution is -0.390. The Labute approximate surface area is 102 Å². The Balaban J connectivity index is 2.39. The van der Waals surface area contributed by atoms with Crippen LogP contribution in [0.3, 0.4) is 0 Å². The second kappa shape index (κ2) is 4.36. The van der Waals surface area contributed by atoms with Crippen LogP contribution in [0.4, 0.5) is 5.82 Å². The second-order valence-electron chi connectivity index (χ2n) is 3.82. The van der Waals surface area contributed by atoms with E-state index in [1.54, 1.807) is 19.1 Å². The highest BCUT2D eigenvalue weighted by Crippen LogP contribution is 2.36. The monoisotopic (exact) mass is 249 g/mol. The first kappa shape index (κ1) is 11.9. The summed E-state index contributed by atoms with van der Waals surface area (Å²) >= 11 is 0. The van der Waals surface area contributed by atoms with Gasteiger partial charge in [-0.3, -0.25) is 0 Å². The van der Waals surface area contributed by atoms with Gasteiger partial charge in [-0.1, -0.05) is 11.2 Å². The van der Waals surface area contributed by atoms with E-state index in [0.717, 1.165) is 5.56 Å². The van der Waals surface area contributed by atoms with Crippen LogP contribution in [-0.4, -0.2) is 20.2 Å². The summed E-state index contributed by atoms with van der Waals surface area (Å²) in [7, 11) is 0. The van der Waals surface area contributed by atoms with E-state index >= 15 is 0 Å². The number of aromatic amines is 1. The van der Waals surface area contributed by atoms with Crippen LogP contribution in [0.1, 0.15) is 11.3 Å². The molecule has 0 amide bonds. The van der Waals surface area contributed by atoms with E-state index in [-0.39, 0.29) is 23.1 Å². The van der Waals surface area contributed by atoms with Crippen molar-refractivity contribution in [3.8, 4) is 17.2 Å². The Bertz CT molecular complexity index is 606. The maximum absolute atomic E-state index is 10.8. The zero-order chi connectivity index (χ0) is 13.3. The number of nitro groups is 1. The molecule has 0 aliphatic carbocycles. The Morgan fingerprint density at radius 1 is 1.44 bits per heavy atom. The quantitative estimate of drug-likeness (QED) is 0.642. The molecule has 0 atom stereocenters. The van der Waals surface area contributed by atoms with Gasteiger partial charge in [0, 0.05) is 0 Å². The Morgan fingerprint density at radius 2 is 2.17 bits per heavy atom. The van der Waals surface area contributed by atoms with Gasteiger partial charge in [0.1, 0.15) is 5.69 Å². The number of hydrogen-bond acceptors (Lipinski definition) is 5. The van der Waals surface area contributed by atoms with Crippen molar-refractivity contribution in [1.29, 1.82) is 0 Å². The van der Waals surface area contributed by atoms with Crippen LogP contribution in [-0.2, 0) is 0 Å². The predicted octanol–water partition coefficient (Wildman–Crippen LogP) is 2.43. The molecule has 1 heterocycles. The molecule has 0 radical (unpaired) electrons. The molecule has 1 aromatic heterocycles. The number of aryl methyl sites for hydroxylation is 2. The summed E-state index contributed by atoms with van der Waals surface area (Å²) < 4.78 is 5.34. The minimum absolute atomic E-state index is 0.000784. The number of rotatable bonds is 3. The van der Waals surface area contributed by atoms with E-state index in [1.165, 1.54) is 6.07 Å².